The molecule has 8 heteroatoms. The van der Waals surface area contributed by atoms with Gasteiger partial charge in [0.2, 0.25) is 0 Å². The van der Waals surface area contributed by atoms with E-state index in [9.17, 15) is 9.59 Å². The summed E-state index contributed by atoms with van der Waals surface area (Å²) in [6.45, 7) is 9.43. The first-order valence-electron chi connectivity index (χ1n) is 9.08. The first kappa shape index (κ1) is 20.5. The summed E-state index contributed by atoms with van der Waals surface area (Å²) in [5.74, 6) is 0.599. The second-order valence-corrected chi connectivity index (χ2v) is 7.34. The number of carbonyl (C=O) groups excluding carboxylic acids is 2. The van der Waals surface area contributed by atoms with Gasteiger partial charge in [-0.25, -0.2) is 4.79 Å². The van der Waals surface area contributed by atoms with Crippen LogP contribution in [-0.2, 0) is 4.79 Å². The molecule has 0 aromatic heterocycles. The smallest absolute Gasteiger partial charge is 0.321 e. The second-order valence-electron chi connectivity index (χ2n) is 6.91. The number of amides is 3. The number of urea groups is 1. The number of rotatable bonds is 7. The van der Waals surface area contributed by atoms with Gasteiger partial charge in [-0.2, -0.15) is 0 Å². The minimum atomic E-state index is -0.423. The van der Waals surface area contributed by atoms with Crippen molar-refractivity contribution in [1.29, 1.82) is 0 Å². The van der Waals surface area contributed by atoms with E-state index in [1.54, 1.807) is 0 Å². The van der Waals surface area contributed by atoms with Crippen molar-refractivity contribution >= 4 is 23.5 Å². The predicted octanol–water partition coefficient (Wildman–Crippen LogP) is -1.26. The Kier molecular flexibility index (Phi) is 8.15. The van der Waals surface area contributed by atoms with E-state index < -0.39 is 6.03 Å². The summed E-state index contributed by atoms with van der Waals surface area (Å²) in [4.78, 5) is 26.1. The standard InChI is InChI=1S/C18H27ClN4O3/c1-14(2)20-18(25)21-17(24)13-23-9-7-22(8-10-23)11-12-26-16-5-3-15(19)4-6-16/h3-6,14H,7-13H2,1-2H3,(H2,20,21,24,25)/p+2. The molecule has 26 heavy (non-hydrogen) atoms. The van der Waals surface area contributed by atoms with Crippen LogP contribution in [0.3, 0.4) is 0 Å². The van der Waals surface area contributed by atoms with Crippen LogP contribution >= 0.6 is 11.6 Å². The molecule has 2 rings (SSSR count). The number of ether oxygens (including phenoxy) is 1. The molecule has 0 atom stereocenters. The second kappa shape index (κ2) is 10.4. The highest BCUT2D eigenvalue weighted by atomic mass is 35.5. The molecule has 1 aliphatic rings. The lowest BCUT2D eigenvalue weighted by Gasteiger charge is -2.29. The van der Waals surface area contributed by atoms with Crippen molar-refractivity contribution in [2.75, 3.05) is 45.9 Å². The molecule has 1 fully saturated rings. The van der Waals surface area contributed by atoms with E-state index in [4.69, 9.17) is 16.3 Å². The van der Waals surface area contributed by atoms with Crippen molar-refractivity contribution in [3.05, 3.63) is 29.3 Å². The van der Waals surface area contributed by atoms with Gasteiger partial charge in [0.15, 0.2) is 6.54 Å². The molecule has 3 amide bonds. The molecule has 1 heterocycles. The number of carbonyl (C=O) groups is 2. The maximum absolute atomic E-state index is 11.9. The molecule has 4 N–H and O–H groups in total. The lowest BCUT2D eigenvalue weighted by atomic mass is 10.3. The Morgan fingerprint density at radius 3 is 2.35 bits per heavy atom. The van der Waals surface area contributed by atoms with E-state index in [1.807, 2.05) is 38.1 Å². The third-order valence-corrected chi connectivity index (χ3v) is 4.54. The topological polar surface area (TPSA) is 76.3 Å². The van der Waals surface area contributed by atoms with E-state index in [2.05, 4.69) is 10.6 Å². The summed E-state index contributed by atoms with van der Waals surface area (Å²) in [6.07, 6.45) is 0. The highest BCUT2D eigenvalue weighted by Crippen LogP contribution is 2.14. The Morgan fingerprint density at radius 1 is 1.12 bits per heavy atom. The van der Waals surface area contributed by atoms with Gasteiger partial charge in [-0.1, -0.05) is 11.6 Å². The maximum atomic E-state index is 11.9. The molecular weight excluding hydrogens is 356 g/mol. The van der Waals surface area contributed by atoms with Gasteiger partial charge in [0.25, 0.3) is 5.91 Å². The zero-order valence-electron chi connectivity index (χ0n) is 15.4. The van der Waals surface area contributed by atoms with Gasteiger partial charge >= 0.3 is 6.03 Å². The molecule has 1 aromatic rings. The normalized spacial score (nSPS) is 19.8. The fourth-order valence-electron chi connectivity index (χ4n) is 2.92. The lowest BCUT2D eigenvalue weighted by Crippen LogP contribution is -3.28. The van der Waals surface area contributed by atoms with Crippen LogP contribution in [-0.4, -0.2) is 63.9 Å². The summed E-state index contributed by atoms with van der Waals surface area (Å²) >= 11 is 5.85. The monoisotopic (exact) mass is 384 g/mol. The van der Waals surface area contributed by atoms with Crippen molar-refractivity contribution in [3.63, 3.8) is 0 Å². The van der Waals surface area contributed by atoms with E-state index in [0.29, 0.717) is 18.2 Å². The van der Waals surface area contributed by atoms with Crippen molar-refractivity contribution in [2.24, 2.45) is 0 Å². The van der Waals surface area contributed by atoms with Crippen LogP contribution in [0.5, 0.6) is 5.75 Å². The molecule has 0 spiro atoms. The number of quaternary nitrogens is 2. The molecule has 0 radical (unpaired) electrons. The SMILES string of the molecule is CC(C)NC(=O)NC(=O)C[NH+]1CC[NH+](CCOc2ccc(Cl)cc2)CC1. The van der Waals surface area contributed by atoms with Crippen LogP contribution in [0.2, 0.25) is 5.02 Å². The fraction of sp³-hybridized carbons (Fsp3) is 0.556. The van der Waals surface area contributed by atoms with E-state index >= 15 is 0 Å². The van der Waals surface area contributed by atoms with Gasteiger partial charge in [0.1, 0.15) is 45.1 Å². The molecule has 1 aromatic carbocycles. The van der Waals surface area contributed by atoms with Crippen molar-refractivity contribution < 1.29 is 24.1 Å². The molecule has 1 saturated heterocycles. The lowest BCUT2D eigenvalue weighted by molar-refractivity contribution is -1.01. The highest BCUT2D eigenvalue weighted by molar-refractivity contribution is 6.30. The molecule has 144 valence electrons. The number of nitrogens with one attached hydrogen (secondary N) is 4. The Balaban J connectivity index is 1.60. The van der Waals surface area contributed by atoms with Crippen LogP contribution in [0.4, 0.5) is 4.79 Å². The minimum Gasteiger partial charge on any atom is -0.488 e. The summed E-state index contributed by atoms with van der Waals surface area (Å²) in [5, 5.41) is 5.73. The Morgan fingerprint density at radius 2 is 1.73 bits per heavy atom. The summed E-state index contributed by atoms with van der Waals surface area (Å²) in [6, 6.07) is 6.96. The largest absolute Gasteiger partial charge is 0.488 e. The van der Waals surface area contributed by atoms with Crippen molar-refractivity contribution in [3.8, 4) is 5.75 Å². The van der Waals surface area contributed by atoms with E-state index in [-0.39, 0.29) is 11.9 Å². The number of halogens is 1. The molecule has 0 saturated carbocycles. The average Bonchev–Trinajstić information content (AvgIpc) is 2.57. The summed E-state index contributed by atoms with van der Waals surface area (Å²) in [5.41, 5.74) is 0. The Bertz CT molecular complexity index is 587. The zero-order chi connectivity index (χ0) is 18.9. The fourth-order valence-corrected chi connectivity index (χ4v) is 3.05. The van der Waals surface area contributed by atoms with Crippen molar-refractivity contribution in [2.45, 2.75) is 19.9 Å². The van der Waals surface area contributed by atoms with Crippen LogP contribution < -0.4 is 25.2 Å². The van der Waals surface area contributed by atoms with Crippen LogP contribution in [0.15, 0.2) is 24.3 Å². The average molecular weight is 385 g/mol. The van der Waals surface area contributed by atoms with Crippen molar-refractivity contribution in [1.82, 2.24) is 10.6 Å². The van der Waals surface area contributed by atoms with Gasteiger partial charge in [-0.15, -0.1) is 0 Å². The number of benzene rings is 1. The molecule has 0 bridgehead atoms. The quantitative estimate of drug-likeness (QED) is 0.474. The molecule has 1 aliphatic heterocycles. The maximum Gasteiger partial charge on any atom is 0.321 e. The number of hydrogen-bond donors (Lipinski definition) is 4. The summed E-state index contributed by atoms with van der Waals surface area (Å²) < 4.78 is 5.74. The van der Waals surface area contributed by atoms with E-state index in [0.717, 1.165) is 38.5 Å². The van der Waals surface area contributed by atoms with Gasteiger partial charge < -0.3 is 19.9 Å². The Hall–Kier alpha value is -1.83. The predicted molar refractivity (Wildman–Crippen MR) is 99.9 cm³/mol. The summed E-state index contributed by atoms with van der Waals surface area (Å²) in [7, 11) is 0. The van der Waals surface area contributed by atoms with Gasteiger partial charge in [-0.3, -0.25) is 10.1 Å². The van der Waals surface area contributed by atoms with Gasteiger partial charge in [-0.05, 0) is 38.1 Å². The first-order chi connectivity index (χ1) is 12.4. The molecule has 7 nitrogen and oxygen atoms in total. The first-order valence-corrected chi connectivity index (χ1v) is 9.46. The van der Waals surface area contributed by atoms with Crippen LogP contribution in [0, 0.1) is 0 Å². The zero-order valence-corrected chi connectivity index (χ0v) is 16.2. The van der Waals surface area contributed by atoms with Gasteiger partial charge in [0, 0.05) is 11.1 Å². The number of hydrogen-bond acceptors (Lipinski definition) is 3. The molecule has 0 aliphatic carbocycles. The minimum absolute atomic E-state index is 0.0115. The molecule has 0 unspecified atom stereocenters. The van der Waals surface area contributed by atoms with Crippen LogP contribution in [0.25, 0.3) is 0 Å². The van der Waals surface area contributed by atoms with Crippen LogP contribution in [0.1, 0.15) is 13.8 Å². The molecular formula is C18H29ClN4O3+2. The number of imide groups is 1. The van der Waals surface area contributed by atoms with Gasteiger partial charge in [0.05, 0.1) is 0 Å². The highest BCUT2D eigenvalue weighted by Gasteiger charge is 2.25. The third-order valence-electron chi connectivity index (χ3n) is 4.29. The Labute approximate surface area is 159 Å². The number of piperazine rings is 1. The van der Waals surface area contributed by atoms with E-state index in [1.165, 1.54) is 9.80 Å². The third kappa shape index (κ3) is 7.59.